The van der Waals surface area contributed by atoms with Gasteiger partial charge in [-0.3, -0.25) is 0 Å². The van der Waals surface area contributed by atoms with Gasteiger partial charge >= 0.3 is 0 Å². The monoisotopic (exact) mass is 743 g/mol. The van der Waals surface area contributed by atoms with Crippen LogP contribution in [0.5, 0.6) is 0 Å². The van der Waals surface area contributed by atoms with Gasteiger partial charge in [-0.15, -0.1) is 0 Å². The van der Waals surface area contributed by atoms with Crippen LogP contribution in [-0.2, 0) is 5.41 Å². The van der Waals surface area contributed by atoms with E-state index >= 15 is 0 Å². The van der Waals surface area contributed by atoms with Crippen molar-refractivity contribution in [2.24, 2.45) is 0 Å². The van der Waals surface area contributed by atoms with Crippen LogP contribution in [0.1, 0.15) is 25.0 Å². The number of hydrogen-bond acceptors (Lipinski definition) is 4. The Kier molecular flexibility index (Phi) is 7.80. The largest absolute Gasteiger partial charge is 0.455 e. The van der Waals surface area contributed by atoms with Crippen LogP contribution in [0.15, 0.2) is 192 Å². The summed E-state index contributed by atoms with van der Waals surface area (Å²) < 4.78 is 6.55. The molecule has 58 heavy (non-hydrogen) atoms. The number of benzene rings is 8. The van der Waals surface area contributed by atoms with E-state index in [9.17, 15) is 0 Å². The smallest absolute Gasteiger partial charge is 0.167 e. The molecule has 0 saturated carbocycles. The van der Waals surface area contributed by atoms with Crippen LogP contribution >= 0.6 is 0 Å². The number of fused-ring (bicyclic) bond motifs is 6. The molecular weight excluding hydrogens is 707 g/mol. The molecule has 4 heteroatoms. The molecule has 4 nitrogen and oxygen atoms in total. The van der Waals surface area contributed by atoms with E-state index < -0.39 is 0 Å². The second-order valence-electron chi connectivity index (χ2n) is 15.6. The molecule has 0 amide bonds. The van der Waals surface area contributed by atoms with E-state index in [4.69, 9.17) is 19.4 Å². The molecule has 0 aliphatic heterocycles. The summed E-state index contributed by atoms with van der Waals surface area (Å²) in [5.41, 5.74) is 16.0. The highest BCUT2D eigenvalue weighted by molar-refractivity contribution is 6.09. The highest BCUT2D eigenvalue weighted by Gasteiger charge is 2.35. The first-order chi connectivity index (χ1) is 28.5. The van der Waals surface area contributed by atoms with Crippen molar-refractivity contribution >= 4 is 21.9 Å². The first-order valence-corrected chi connectivity index (χ1v) is 19.8. The molecule has 0 fully saturated rings. The fourth-order valence-electron chi connectivity index (χ4n) is 8.90. The average Bonchev–Trinajstić information content (AvgIpc) is 3.78. The summed E-state index contributed by atoms with van der Waals surface area (Å²) >= 11 is 0. The topological polar surface area (TPSA) is 51.8 Å². The number of nitrogens with zero attached hydrogens (tertiary/aromatic N) is 3. The molecule has 1 aliphatic carbocycles. The maximum atomic E-state index is 6.55. The van der Waals surface area contributed by atoms with Crippen LogP contribution in [-0.4, -0.2) is 15.0 Å². The lowest BCUT2D eigenvalue weighted by Gasteiger charge is -2.22. The van der Waals surface area contributed by atoms with E-state index in [1.165, 1.54) is 22.3 Å². The first kappa shape index (κ1) is 33.9. The van der Waals surface area contributed by atoms with E-state index in [-0.39, 0.29) is 5.41 Å². The second-order valence-corrected chi connectivity index (χ2v) is 15.6. The number of rotatable bonds is 6. The zero-order valence-electron chi connectivity index (χ0n) is 32.1. The maximum Gasteiger partial charge on any atom is 0.167 e. The first-order valence-electron chi connectivity index (χ1n) is 19.8. The van der Waals surface area contributed by atoms with E-state index in [0.717, 1.165) is 72.0 Å². The van der Waals surface area contributed by atoms with E-state index in [1.54, 1.807) is 0 Å². The molecule has 1 aliphatic rings. The Morgan fingerprint density at radius 1 is 0.362 bits per heavy atom. The minimum absolute atomic E-state index is 0.0957. The molecule has 0 bridgehead atoms. The number of aromatic nitrogens is 3. The van der Waals surface area contributed by atoms with Gasteiger partial charge in [0.25, 0.3) is 0 Å². The summed E-state index contributed by atoms with van der Waals surface area (Å²) in [6.45, 7) is 4.66. The Morgan fingerprint density at radius 3 is 1.69 bits per heavy atom. The maximum absolute atomic E-state index is 6.55. The van der Waals surface area contributed by atoms with Crippen LogP contribution in [0, 0.1) is 0 Å². The van der Waals surface area contributed by atoms with E-state index in [0.29, 0.717) is 17.5 Å². The highest BCUT2D eigenvalue weighted by atomic mass is 16.3. The third kappa shape index (κ3) is 5.48. The van der Waals surface area contributed by atoms with Gasteiger partial charge in [0.1, 0.15) is 11.2 Å². The fraction of sp³-hybridized carbons (Fsp3) is 0.0556. The zero-order chi connectivity index (χ0) is 38.8. The lowest BCUT2D eigenvalue weighted by Crippen LogP contribution is -2.14. The van der Waals surface area contributed by atoms with Crippen molar-refractivity contribution in [2.75, 3.05) is 0 Å². The minimum Gasteiger partial charge on any atom is -0.455 e. The van der Waals surface area contributed by atoms with Gasteiger partial charge in [-0.05, 0) is 80.4 Å². The molecule has 0 spiro atoms. The molecule has 0 radical (unpaired) electrons. The molecule has 10 aromatic rings. The Balaban J connectivity index is 1.22. The van der Waals surface area contributed by atoms with Crippen molar-refractivity contribution in [3.05, 3.63) is 199 Å². The molecule has 8 aromatic carbocycles. The molecular formula is C54H37N3O. The predicted molar refractivity (Wildman–Crippen MR) is 237 cm³/mol. The molecule has 0 saturated heterocycles. The second kappa shape index (κ2) is 13.4. The van der Waals surface area contributed by atoms with Gasteiger partial charge in [0.15, 0.2) is 17.5 Å². The van der Waals surface area contributed by atoms with Crippen LogP contribution in [0.25, 0.3) is 101 Å². The van der Waals surface area contributed by atoms with Gasteiger partial charge in [-0.1, -0.05) is 172 Å². The lowest BCUT2D eigenvalue weighted by molar-refractivity contribution is 0.660. The quantitative estimate of drug-likeness (QED) is 0.170. The highest BCUT2D eigenvalue weighted by Crippen LogP contribution is 2.51. The van der Waals surface area contributed by atoms with Crippen molar-refractivity contribution in [1.82, 2.24) is 15.0 Å². The number of hydrogen-bond donors (Lipinski definition) is 0. The van der Waals surface area contributed by atoms with Crippen molar-refractivity contribution in [2.45, 2.75) is 19.3 Å². The summed E-state index contributed by atoms with van der Waals surface area (Å²) in [4.78, 5) is 15.9. The third-order valence-electron chi connectivity index (χ3n) is 11.8. The van der Waals surface area contributed by atoms with Gasteiger partial charge < -0.3 is 4.42 Å². The Hall–Kier alpha value is -7.43. The summed E-state index contributed by atoms with van der Waals surface area (Å²) in [5, 5.41) is 2.08. The van der Waals surface area contributed by atoms with Gasteiger partial charge in [0.2, 0.25) is 0 Å². The minimum atomic E-state index is -0.0957. The Morgan fingerprint density at radius 2 is 0.914 bits per heavy atom. The van der Waals surface area contributed by atoms with Crippen LogP contribution in [0.3, 0.4) is 0 Å². The summed E-state index contributed by atoms with van der Waals surface area (Å²) in [7, 11) is 0. The van der Waals surface area contributed by atoms with Gasteiger partial charge in [-0.25, -0.2) is 15.0 Å². The predicted octanol–water partition coefficient (Wildman–Crippen LogP) is 14.1. The third-order valence-corrected chi connectivity index (χ3v) is 11.8. The molecule has 2 aromatic heterocycles. The Bertz CT molecular complexity index is 3180. The molecule has 11 rings (SSSR count). The number of para-hydroxylation sites is 2. The van der Waals surface area contributed by atoms with Gasteiger partial charge in [-0.2, -0.15) is 0 Å². The SMILES string of the molecule is CC1(C)c2ccccc2-c2cc(-c3cc(-c4ccccc4)cc(-c4nc(-c5ccccc5)nc(-c5cccc6c5oc5ccccc56)n4)c3-c3ccccc3)ccc21. The molecule has 0 atom stereocenters. The fourth-order valence-corrected chi connectivity index (χ4v) is 8.90. The molecule has 0 N–H and O–H groups in total. The summed E-state index contributed by atoms with van der Waals surface area (Å²) in [6.07, 6.45) is 0. The normalized spacial score (nSPS) is 12.8. The molecule has 274 valence electrons. The van der Waals surface area contributed by atoms with Crippen LogP contribution < -0.4 is 0 Å². The van der Waals surface area contributed by atoms with Gasteiger partial charge in [0.05, 0.1) is 5.56 Å². The van der Waals surface area contributed by atoms with E-state index in [2.05, 4.69) is 159 Å². The average molecular weight is 744 g/mol. The van der Waals surface area contributed by atoms with Crippen molar-refractivity contribution < 1.29 is 4.42 Å². The number of furan rings is 1. The summed E-state index contributed by atoms with van der Waals surface area (Å²) in [6, 6.07) is 66.2. The molecule has 2 heterocycles. The van der Waals surface area contributed by atoms with Crippen molar-refractivity contribution in [3.63, 3.8) is 0 Å². The van der Waals surface area contributed by atoms with Gasteiger partial charge in [0, 0.05) is 32.9 Å². The van der Waals surface area contributed by atoms with Crippen molar-refractivity contribution in [3.8, 4) is 78.7 Å². The summed E-state index contributed by atoms with van der Waals surface area (Å²) in [5.74, 6) is 1.73. The van der Waals surface area contributed by atoms with E-state index in [1.807, 2.05) is 42.5 Å². The van der Waals surface area contributed by atoms with Crippen LogP contribution in [0.2, 0.25) is 0 Å². The molecule has 0 unspecified atom stereocenters. The Labute approximate surface area is 337 Å². The lowest BCUT2D eigenvalue weighted by atomic mass is 9.81. The van der Waals surface area contributed by atoms with Crippen molar-refractivity contribution in [1.29, 1.82) is 0 Å². The van der Waals surface area contributed by atoms with Crippen LogP contribution in [0.4, 0.5) is 0 Å². The standard InChI is InChI=1S/C54H37N3O/c1-54(2)46-27-14-12-23-39(46)44-31-37(29-30-47(44)54)43-32-38(34-17-6-3-7-18-34)33-45(49(43)35-19-8-4-9-20-35)53-56-51(36-21-10-5-11-22-36)55-52(57-53)42-26-16-25-41-40-24-13-15-28-48(40)58-50(41)42/h3-33H,1-2H3. The zero-order valence-corrected chi connectivity index (χ0v) is 32.1.